The minimum Gasteiger partial charge on any atom is -0.494 e. The molecule has 1 N–H and O–H groups in total. The summed E-state index contributed by atoms with van der Waals surface area (Å²) in [6.07, 6.45) is 0.914. The maximum atomic E-state index is 13.1. The smallest absolute Gasteiger partial charge is 0.242 e. The van der Waals surface area contributed by atoms with E-state index in [1.807, 2.05) is 82.3 Å². The summed E-state index contributed by atoms with van der Waals surface area (Å²) in [4.78, 5) is 27.5. The lowest BCUT2D eigenvalue weighted by molar-refractivity contribution is -0.141. The first-order valence-corrected chi connectivity index (χ1v) is 10.5. The zero-order valence-corrected chi connectivity index (χ0v) is 18.8. The summed E-state index contributed by atoms with van der Waals surface area (Å²) in [5.41, 5.74) is 1.79. The van der Waals surface area contributed by atoms with E-state index in [0.29, 0.717) is 26.0 Å². The lowest BCUT2D eigenvalue weighted by Crippen LogP contribution is -2.52. The van der Waals surface area contributed by atoms with Gasteiger partial charge in [-0.15, -0.1) is 0 Å². The van der Waals surface area contributed by atoms with Crippen LogP contribution < -0.4 is 10.1 Å². The maximum Gasteiger partial charge on any atom is 0.242 e. The number of hydrogen-bond donors (Lipinski definition) is 1. The van der Waals surface area contributed by atoms with Gasteiger partial charge in [0.05, 0.1) is 6.61 Å². The molecule has 0 fully saturated rings. The maximum absolute atomic E-state index is 13.1. The Bertz CT molecular complexity index is 828. The van der Waals surface area contributed by atoms with E-state index in [9.17, 15) is 9.59 Å². The van der Waals surface area contributed by atoms with E-state index in [1.165, 1.54) is 0 Å². The lowest BCUT2D eigenvalue weighted by Gasteiger charge is -2.32. The van der Waals surface area contributed by atoms with E-state index < -0.39 is 6.04 Å². The number of carbonyl (C=O) groups excluding carboxylic acids is 2. The minimum absolute atomic E-state index is 0.0496. The first kappa shape index (κ1) is 23.5. The van der Waals surface area contributed by atoms with Gasteiger partial charge in [0.15, 0.2) is 0 Å². The van der Waals surface area contributed by atoms with Gasteiger partial charge in [-0.05, 0) is 64.3 Å². The number of benzene rings is 2. The first-order chi connectivity index (χ1) is 14.2. The summed E-state index contributed by atoms with van der Waals surface area (Å²) >= 11 is 0. The van der Waals surface area contributed by atoms with Crippen LogP contribution in [0.4, 0.5) is 0 Å². The van der Waals surface area contributed by atoms with Crippen molar-refractivity contribution in [3.63, 3.8) is 0 Å². The van der Waals surface area contributed by atoms with Crippen LogP contribution in [0.2, 0.25) is 0 Å². The summed E-state index contributed by atoms with van der Waals surface area (Å²) in [5.74, 6) is 0.594. The topological polar surface area (TPSA) is 58.6 Å². The number of para-hydroxylation sites is 1. The van der Waals surface area contributed by atoms with Crippen LogP contribution in [0.1, 0.15) is 51.7 Å². The van der Waals surface area contributed by atoms with E-state index in [1.54, 1.807) is 11.8 Å². The Hall–Kier alpha value is -2.82. The van der Waals surface area contributed by atoms with E-state index >= 15 is 0 Å². The van der Waals surface area contributed by atoms with E-state index in [0.717, 1.165) is 16.9 Å². The van der Waals surface area contributed by atoms with Crippen LogP contribution in [0.5, 0.6) is 5.75 Å². The molecule has 5 nitrogen and oxygen atoms in total. The highest BCUT2D eigenvalue weighted by Crippen LogP contribution is 2.16. The van der Waals surface area contributed by atoms with Gasteiger partial charge in [0.1, 0.15) is 11.8 Å². The largest absolute Gasteiger partial charge is 0.494 e. The van der Waals surface area contributed by atoms with Gasteiger partial charge in [-0.1, -0.05) is 42.5 Å². The summed E-state index contributed by atoms with van der Waals surface area (Å²) in [6, 6.07) is 16.9. The molecular formula is C25H34N2O3. The Kier molecular flexibility index (Phi) is 8.46. The fourth-order valence-electron chi connectivity index (χ4n) is 3.10. The molecular weight excluding hydrogens is 376 g/mol. The molecule has 2 aromatic carbocycles. The van der Waals surface area contributed by atoms with Gasteiger partial charge in [0, 0.05) is 18.5 Å². The second-order valence-electron chi connectivity index (χ2n) is 8.63. The lowest BCUT2D eigenvalue weighted by atomic mass is 10.1. The molecule has 1 atom stereocenters. The Morgan fingerprint density at radius 1 is 1.03 bits per heavy atom. The normalized spacial score (nSPS) is 12.2. The summed E-state index contributed by atoms with van der Waals surface area (Å²) in [6.45, 7) is 10.5. The van der Waals surface area contributed by atoms with Crippen molar-refractivity contribution in [2.75, 3.05) is 6.61 Å². The minimum atomic E-state index is -0.564. The fourth-order valence-corrected chi connectivity index (χ4v) is 3.10. The molecule has 0 heterocycles. The third kappa shape index (κ3) is 7.54. The predicted molar refractivity (Wildman–Crippen MR) is 120 cm³/mol. The zero-order chi connectivity index (χ0) is 22.1. The summed E-state index contributed by atoms with van der Waals surface area (Å²) in [7, 11) is 0. The number of ether oxygens (including phenoxy) is 1. The molecule has 2 aromatic rings. The van der Waals surface area contributed by atoms with Gasteiger partial charge < -0.3 is 15.0 Å². The SMILES string of the molecule is Cc1ccccc1CN(C(=O)CCCOc1ccccc1)[C@@H](C)C(=O)NC(C)(C)C. The molecule has 5 heteroatoms. The van der Waals surface area contributed by atoms with E-state index in [2.05, 4.69) is 5.32 Å². The van der Waals surface area contributed by atoms with Gasteiger partial charge in [-0.2, -0.15) is 0 Å². The molecule has 0 radical (unpaired) electrons. The van der Waals surface area contributed by atoms with Crippen molar-refractivity contribution in [1.82, 2.24) is 10.2 Å². The molecule has 30 heavy (non-hydrogen) atoms. The zero-order valence-electron chi connectivity index (χ0n) is 18.8. The standard InChI is InChI=1S/C25H34N2O3/c1-19-12-9-10-13-21(19)18-27(20(2)24(29)26-25(3,4)5)23(28)16-11-17-30-22-14-7-6-8-15-22/h6-10,12-15,20H,11,16-18H2,1-5H3,(H,26,29)/t20-/m0/s1. The highest BCUT2D eigenvalue weighted by Gasteiger charge is 2.28. The Morgan fingerprint density at radius 2 is 1.67 bits per heavy atom. The second kappa shape index (κ2) is 10.8. The van der Waals surface area contributed by atoms with Crippen molar-refractivity contribution in [1.29, 1.82) is 0 Å². The molecule has 0 saturated heterocycles. The fraction of sp³-hybridized carbons (Fsp3) is 0.440. The molecule has 0 spiro atoms. The number of nitrogens with zero attached hydrogens (tertiary/aromatic N) is 1. The van der Waals surface area contributed by atoms with E-state index in [-0.39, 0.29) is 17.4 Å². The molecule has 162 valence electrons. The van der Waals surface area contributed by atoms with Crippen molar-refractivity contribution in [3.05, 3.63) is 65.7 Å². The van der Waals surface area contributed by atoms with Gasteiger partial charge in [-0.25, -0.2) is 0 Å². The highest BCUT2D eigenvalue weighted by molar-refractivity contribution is 5.87. The Balaban J connectivity index is 2.04. The van der Waals surface area contributed by atoms with Crippen LogP contribution in [0, 0.1) is 6.92 Å². The van der Waals surface area contributed by atoms with Gasteiger partial charge in [0.25, 0.3) is 0 Å². The number of rotatable bonds is 9. The first-order valence-electron chi connectivity index (χ1n) is 10.5. The van der Waals surface area contributed by atoms with Crippen LogP contribution in [-0.4, -0.2) is 34.9 Å². The number of nitrogens with one attached hydrogen (secondary N) is 1. The quantitative estimate of drug-likeness (QED) is 0.620. The molecule has 0 bridgehead atoms. The molecule has 0 aliphatic carbocycles. The average molecular weight is 411 g/mol. The average Bonchev–Trinajstić information content (AvgIpc) is 2.69. The summed E-state index contributed by atoms with van der Waals surface area (Å²) < 4.78 is 5.70. The van der Waals surface area contributed by atoms with Crippen molar-refractivity contribution >= 4 is 11.8 Å². The second-order valence-corrected chi connectivity index (χ2v) is 8.63. The molecule has 2 rings (SSSR count). The number of aryl methyl sites for hydroxylation is 1. The molecule has 0 aliphatic heterocycles. The molecule has 0 aliphatic rings. The van der Waals surface area contributed by atoms with Crippen molar-refractivity contribution in [3.8, 4) is 5.75 Å². The predicted octanol–water partition coefficient (Wildman–Crippen LogP) is 4.49. The Morgan fingerprint density at radius 3 is 2.30 bits per heavy atom. The Labute approximate surface area is 180 Å². The van der Waals surface area contributed by atoms with Crippen LogP contribution in [0.15, 0.2) is 54.6 Å². The van der Waals surface area contributed by atoms with Crippen molar-refractivity contribution < 1.29 is 14.3 Å². The van der Waals surface area contributed by atoms with Crippen LogP contribution in [-0.2, 0) is 16.1 Å². The summed E-state index contributed by atoms with van der Waals surface area (Å²) in [5, 5.41) is 2.99. The number of carbonyl (C=O) groups is 2. The van der Waals surface area contributed by atoms with Crippen LogP contribution >= 0.6 is 0 Å². The molecule has 0 unspecified atom stereocenters. The van der Waals surface area contributed by atoms with Crippen LogP contribution in [0.25, 0.3) is 0 Å². The van der Waals surface area contributed by atoms with Crippen LogP contribution in [0.3, 0.4) is 0 Å². The van der Waals surface area contributed by atoms with Gasteiger partial charge in [-0.3, -0.25) is 9.59 Å². The molecule has 2 amide bonds. The number of amides is 2. The van der Waals surface area contributed by atoms with Crippen molar-refractivity contribution in [2.24, 2.45) is 0 Å². The van der Waals surface area contributed by atoms with Gasteiger partial charge in [0.2, 0.25) is 11.8 Å². The van der Waals surface area contributed by atoms with E-state index in [4.69, 9.17) is 4.74 Å². The monoisotopic (exact) mass is 410 g/mol. The van der Waals surface area contributed by atoms with Crippen molar-refractivity contribution in [2.45, 2.75) is 65.6 Å². The third-order valence-corrected chi connectivity index (χ3v) is 4.81. The highest BCUT2D eigenvalue weighted by atomic mass is 16.5. The number of hydrogen-bond acceptors (Lipinski definition) is 3. The third-order valence-electron chi connectivity index (χ3n) is 4.81. The van der Waals surface area contributed by atoms with Gasteiger partial charge >= 0.3 is 0 Å². The molecule has 0 saturated carbocycles. The molecule has 0 aromatic heterocycles.